The van der Waals surface area contributed by atoms with Crippen LogP contribution in [0.1, 0.15) is 11.6 Å². The van der Waals surface area contributed by atoms with Crippen molar-refractivity contribution in [2.24, 2.45) is 0 Å². The fraction of sp³-hybridized carbons (Fsp3) is 0.182. The summed E-state index contributed by atoms with van der Waals surface area (Å²) in [5.74, 6) is 0. The van der Waals surface area contributed by atoms with E-state index in [4.69, 9.17) is 0 Å². The SMILES string of the molecule is C=CC(NC)c1cnn2ccccc12. The first-order chi connectivity index (χ1) is 6.86. The van der Waals surface area contributed by atoms with Gasteiger partial charge in [0.15, 0.2) is 0 Å². The summed E-state index contributed by atoms with van der Waals surface area (Å²) < 4.78 is 1.86. The van der Waals surface area contributed by atoms with E-state index < -0.39 is 0 Å². The Balaban J connectivity index is 2.57. The van der Waals surface area contributed by atoms with E-state index in [0.29, 0.717) is 0 Å². The van der Waals surface area contributed by atoms with E-state index in [9.17, 15) is 0 Å². The first-order valence-electron chi connectivity index (χ1n) is 4.59. The first-order valence-corrected chi connectivity index (χ1v) is 4.59. The summed E-state index contributed by atoms with van der Waals surface area (Å²) in [5.41, 5.74) is 2.27. The summed E-state index contributed by atoms with van der Waals surface area (Å²) in [6.07, 6.45) is 5.69. The highest BCUT2D eigenvalue weighted by atomic mass is 15.2. The number of likely N-dealkylation sites (N-methyl/N-ethyl adjacent to an activating group) is 1. The van der Waals surface area contributed by atoms with Crippen molar-refractivity contribution < 1.29 is 0 Å². The summed E-state index contributed by atoms with van der Waals surface area (Å²) in [6.45, 7) is 3.80. The molecule has 0 saturated carbocycles. The van der Waals surface area contributed by atoms with Gasteiger partial charge >= 0.3 is 0 Å². The van der Waals surface area contributed by atoms with Gasteiger partial charge in [-0.15, -0.1) is 6.58 Å². The van der Waals surface area contributed by atoms with Gasteiger partial charge in [0.2, 0.25) is 0 Å². The summed E-state index contributed by atoms with van der Waals surface area (Å²) in [4.78, 5) is 0. The Bertz CT molecular complexity index is 444. The second kappa shape index (κ2) is 3.64. The molecule has 3 nitrogen and oxygen atoms in total. The van der Waals surface area contributed by atoms with Gasteiger partial charge < -0.3 is 5.32 Å². The summed E-state index contributed by atoms with van der Waals surface area (Å²) in [5, 5.41) is 7.44. The number of fused-ring (bicyclic) bond motifs is 1. The van der Waals surface area contributed by atoms with Gasteiger partial charge in [0.05, 0.1) is 17.8 Å². The Hall–Kier alpha value is -1.61. The maximum atomic E-state index is 4.26. The minimum Gasteiger partial charge on any atom is -0.310 e. The van der Waals surface area contributed by atoms with Gasteiger partial charge in [-0.2, -0.15) is 5.10 Å². The van der Waals surface area contributed by atoms with Crippen LogP contribution in [0.5, 0.6) is 0 Å². The average Bonchev–Trinajstić information content (AvgIpc) is 2.65. The fourth-order valence-electron chi connectivity index (χ4n) is 1.59. The lowest BCUT2D eigenvalue weighted by Gasteiger charge is -2.08. The quantitative estimate of drug-likeness (QED) is 0.742. The van der Waals surface area contributed by atoms with Crippen LogP contribution in [0.15, 0.2) is 43.2 Å². The van der Waals surface area contributed by atoms with Crippen LogP contribution in [0.2, 0.25) is 0 Å². The maximum Gasteiger partial charge on any atom is 0.0712 e. The smallest absolute Gasteiger partial charge is 0.0712 e. The van der Waals surface area contributed by atoms with Crippen LogP contribution >= 0.6 is 0 Å². The number of hydrogen-bond donors (Lipinski definition) is 1. The van der Waals surface area contributed by atoms with E-state index in [2.05, 4.69) is 23.1 Å². The van der Waals surface area contributed by atoms with E-state index in [1.807, 2.05) is 42.2 Å². The predicted octanol–water partition coefficient (Wildman–Crippen LogP) is 1.78. The molecule has 2 heterocycles. The molecule has 0 aliphatic heterocycles. The third-order valence-corrected chi connectivity index (χ3v) is 2.34. The fourth-order valence-corrected chi connectivity index (χ4v) is 1.59. The van der Waals surface area contributed by atoms with E-state index in [-0.39, 0.29) is 6.04 Å². The molecule has 72 valence electrons. The summed E-state index contributed by atoms with van der Waals surface area (Å²) in [6, 6.07) is 6.19. The van der Waals surface area contributed by atoms with Gasteiger partial charge in [-0.3, -0.25) is 0 Å². The lowest BCUT2D eigenvalue weighted by Crippen LogP contribution is -2.13. The lowest BCUT2D eigenvalue weighted by atomic mass is 10.1. The van der Waals surface area contributed by atoms with Crippen molar-refractivity contribution in [3.05, 3.63) is 48.8 Å². The highest BCUT2D eigenvalue weighted by molar-refractivity contribution is 5.55. The van der Waals surface area contributed by atoms with Crippen molar-refractivity contribution in [2.75, 3.05) is 7.05 Å². The summed E-state index contributed by atoms with van der Waals surface area (Å²) >= 11 is 0. The Morgan fingerprint density at radius 3 is 3.14 bits per heavy atom. The van der Waals surface area contributed by atoms with E-state index in [0.717, 1.165) is 11.1 Å². The highest BCUT2D eigenvalue weighted by Gasteiger charge is 2.10. The second-order valence-electron chi connectivity index (χ2n) is 3.13. The number of nitrogens with one attached hydrogen (secondary N) is 1. The van der Waals surface area contributed by atoms with Gasteiger partial charge in [-0.1, -0.05) is 12.1 Å². The Morgan fingerprint density at radius 1 is 1.57 bits per heavy atom. The van der Waals surface area contributed by atoms with Crippen LogP contribution < -0.4 is 5.32 Å². The van der Waals surface area contributed by atoms with E-state index in [1.165, 1.54) is 0 Å². The standard InChI is InChI=1S/C11H13N3/c1-3-10(12-2)9-8-13-14-7-5-4-6-11(9)14/h3-8,10,12H,1H2,2H3. The molecule has 0 spiro atoms. The molecule has 0 radical (unpaired) electrons. The predicted molar refractivity (Wildman–Crippen MR) is 57.2 cm³/mol. The molecule has 0 bridgehead atoms. The van der Waals surface area contributed by atoms with Crippen LogP contribution in [-0.2, 0) is 0 Å². The molecule has 0 fully saturated rings. The number of hydrogen-bond acceptors (Lipinski definition) is 2. The molecule has 1 atom stereocenters. The molecule has 2 aromatic heterocycles. The molecule has 0 saturated heterocycles. The molecule has 2 aromatic rings. The largest absolute Gasteiger partial charge is 0.310 e. The molecule has 0 aromatic carbocycles. The van der Waals surface area contributed by atoms with Crippen molar-refractivity contribution in [3.8, 4) is 0 Å². The van der Waals surface area contributed by atoms with Crippen molar-refractivity contribution in [2.45, 2.75) is 6.04 Å². The van der Waals surface area contributed by atoms with Gasteiger partial charge in [-0.05, 0) is 19.2 Å². The molecule has 1 N–H and O–H groups in total. The van der Waals surface area contributed by atoms with Crippen LogP contribution in [-0.4, -0.2) is 16.7 Å². The van der Waals surface area contributed by atoms with Gasteiger partial charge in [0, 0.05) is 11.8 Å². The normalized spacial score (nSPS) is 12.9. The van der Waals surface area contributed by atoms with E-state index >= 15 is 0 Å². The minimum absolute atomic E-state index is 0.162. The van der Waals surface area contributed by atoms with Crippen LogP contribution in [0.3, 0.4) is 0 Å². The Labute approximate surface area is 83.1 Å². The molecule has 14 heavy (non-hydrogen) atoms. The summed E-state index contributed by atoms with van der Waals surface area (Å²) in [7, 11) is 1.92. The third kappa shape index (κ3) is 1.32. The second-order valence-corrected chi connectivity index (χ2v) is 3.13. The Kier molecular flexibility index (Phi) is 2.33. The van der Waals surface area contributed by atoms with Gasteiger partial charge in [0.1, 0.15) is 0 Å². The lowest BCUT2D eigenvalue weighted by molar-refractivity contribution is 0.721. The molecule has 3 heteroatoms. The molecular weight excluding hydrogens is 174 g/mol. The average molecular weight is 187 g/mol. The number of aromatic nitrogens is 2. The van der Waals surface area contributed by atoms with Crippen LogP contribution in [0.25, 0.3) is 5.52 Å². The van der Waals surface area contributed by atoms with Gasteiger partial charge in [0.25, 0.3) is 0 Å². The van der Waals surface area contributed by atoms with Gasteiger partial charge in [-0.25, -0.2) is 4.52 Å². The monoisotopic (exact) mass is 187 g/mol. The van der Waals surface area contributed by atoms with Crippen molar-refractivity contribution >= 4 is 5.52 Å². The zero-order chi connectivity index (χ0) is 9.97. The Morgan fingerprint density at radius 2 is 2.43 bits per heavy atom. The first kappa shape index (κ1) is 8.97. The third-order valence-electron chi connectivity index (χ3n) is 2.34. The molecule has 0 amide bonds. The maximum absolute atomic E-state index is 4.26. The molecular formula is C11H13N3. The van der Waals surface area contributed by atoms with Crippen molar-refractivity contribution in [1.29, 1.82) is 0 Å². The minimum atomic E-state index is 0.162. The van der Waals surface area contributed by atoms with Crippen molar-refractivity contribution in [1.82, 2.24) is 14.9 Å². The van der Waals surface area contributed by atoms with Crippen LogP contribution in [0.4, 0.5) is 0 Å². The van der Waals surface area contributed by atoms with E-state index in [1.54, 1.807) is 0 Å². The number of nitrogens with zero attached hydrogens (tertiary/aromatic N) is 2. The number of rotatable bonds is 3. The molecule has 1 unspecified atom stereocenters. The van der Waals surface area contributed by atoms with Crippen LogP contribution in [0, 0.1) is 0 Å². The molecule has 2 rings (SSSR count). The topological polar surface area (TPSA) is 29.3 Å². The zero-order valence-electron chi connectivity index (χ0n) is 8.14. The molecule has 0 aliphatic carbocycles. The number of pyridine rings is 1. The zero-order valence-corrected chi connectivity index (χ0v) is 8.14. The highest BCUT2D eigenvalue weighted by Crippen LogP contribution is 2.18. The van der Waals surface area contributed by atoms with Crippen molar-refractivity contribution in [3.63, 3.8) is 0 Å². The molecule has 0 aliphatic rings.